The van der Waals surface area contributed by atoms with Crippen molar-refractivity contribution in [2.75, 3.05) is 10.6 Å². The summed E-state index contributed by atoms with van der Waals surface area (Å²) in [5, 5.41) is 3.02. The molecule has 0 aliphatic heterocycles. The van der Waals surface area contributed by atoms with Crippen LogP contribution in [0.15, 0.2) is 18.3 Å². The Morgan fingerprint density at radius 3 is 3.08 bits per heavy atom. The van der Waals surface area contributed by atoms with Crippen LogP contribution in [0, 0.1) is 6.92 Å². The monoisotopic (exact) mass is 228 g/mol. The first-order valence-electron chi connectivity index (χ1n) is 3.51. The lowest BCUT2D eigenvalue weighted by Crippen LogP contribution is -2.12. The number of nitrogens with zero attached hydrogens (tertiary/aromatic N) is 1. The highest BCUT2D eigenvalue weighted by atomic mass is 79.9. The van der Waals surface area contributed by atoms with Crippen LogP contribution in [0.3, 0.4) is 0 Å². The van der Waals surface area contributed by atoms with Crippen molar-refractivity contribution in [3.8, 4) is 0 Å². The summed E-state index contributed by atoms with van der Waals surface area (Å²) in [5.74, 6) is -0.0550. The Balaban J connectivity index is 2.69. The predicted molar refractivity (Wildman–Crippen MR) is 51.4 cm³/mol. The highest BCUT2D eigenvalue weighted by Crippen LogP contribution is 2.06. The number of hydrogen-bond acceptors (Lipinski definition) is 2. The van der Waals surface area contributed by atoms with E-state index >= 15 is 0 Å². The largest absolute Gasteiger partial charge is 0.325 e. The smallest absolute Gasteiger partial charge is 0.235 e. The van der Waals surface area contributed by atoms with Crippen molar-refractivity contribution in [2.45, 2.75) is 6.92 Å². The molecule has 64 valence electrons. The molecule has 3 nitrogen and oxygen atoms in total. The van der Waals surface area contributed by atoms with Crippen molar-refractivity contribution in [3.63, 3.8) is 0 Å². The minimum Gasteiger partial charge on any atom is -0.325 e. The van der Waals surface area contributed by atoms with E-state index in [1.165, 1.54) is 0 Å². The van der Waals surface area contributed by atoms with Gasteiger partial charge in [0.1, 0.15) is 0 Å². The van der Waals surface area contributed by atoms with Crippen molar-refractivity contribution in [3.05, 3.63) is 24.0 Å². The van der Waals surface area contributed by atoms with Gasteiger partial charge in [-0.05, 0) is 19.1 Å². The number of anilines is 1. The van der Waals surface area contributed by atoms with E-state index in [1.807, 2.05) is 13.0 Å². The molecule has 0 unspecified atom stereocenters. The molecule has 12 heavy (non-hydrogen) atoms. The quantitative estimate of drug-likeness (QED) is 0.784. The number of aromatic nitrogens is 1. The van der Waals surface area contributed by atoms with Crippen LogP contribution in [-0.2, 0) is 4.79 Å². The average Bonchev–Trinajstić information content (AvgIpc) is 2.04. The Bertz CT molecular complexity index is 288. The van der Waals surface area contributed by atoms with Gasteiger partial charge in [0.2, 0.25) is 5.91 Å². The van der Waals surface area contributed by atoms with Gasteiger partial charge in [0.15, 0.2) is 0 Å². The van der Waals surface area contributed by atoms with Crippen LogP contribution in [0.2, 0.25) is 0 Å². The topological polar surface area (TPSA) is 42.0 Å². The van der Waals surface area contributed by atoms with Gasteiger partial charge in [-0.3, -0.25) is 9.78 Å². The number of carbonyl (C=O) groups is 1. The number of pyridine rings is 1. The van der Waals surface area contributed by atoms with Crippen molar-refractivity contribution in [1.82, 2.24) is 4.98 Å². The van der Waals surface area contributed by atoms with E-state index < -0.39 is 0 Å². The van der Waals surface area contributed by atoms with E-state index in [0.717, 1.165) is 11.4 Å². The van der Waals surface area contributed by atoms with Gasteiger partial charge in [0.05, 0.1) is 5.33 Å². The molecule has 0 aliphatic rings. The molecule has 0 atom stereocenters. The maximum absolute atomic E-state index is 10.9. The summed E-state index contributed by atoms with van der Waals surface area (Å²) in [6.45, 7) is 1.88. The molecule has 0 aromatic carbocycles. The van der Waals surface area contributed by atoms with E-state index in [4.69, 9.17) is 0 Å². The molecule has 4 heteroatoms. The zero-order valence-corrected chi connectivity index (χ0v) is 8.26. The number of amides is 1. The molecule has 0 saturated carbocycles. The van der Waals surface area contributed by atoms with Gasteiger partial charge in [-0.15, -0.1) is 0 Å². The summed E-state index contributed by atoms with van der Waals surface area (Å²) in [5.41, 5.74) is 1.68. The van der Waals surface area contributed by atoms with Crippen molar-refractivity contribution < 1.29 is 4.79 Å². The van der Waals surface area contributed by atoms with E-state index in [-0.39, 0.29) is 5.91 Å². The summed E-state index contributed by atoms with van der Waals surface area (Å²) in [7, 11) is 0. The summed E-state index contributed by atoms with van der Waals surface area (Å²) < 4.78 is 0. The van der Waals surface area contributed by atoms with Gasteiger partial charge in [-0.2, -0.15) is 0 Å². The fourth-order valence-corrected chi connectivity index (χ4v) is 0.958. The van der Waals surface area contributed by atoms with E-state index in [2.05, 4.69) is 26.2 Å². The number of hydrogen-bond donors (Lipinski definition) is 1. The standard InChI is InChI=1S/C8H9BrN2O/c1-6-4-7(2-3-10-6)11-8(12)5-9/h2-4H,5H2,1H3,(H,10,11,12). The first kappa shape index (κ1) is 9.19. The highest BCUT2D eigenvalue weighted by molar-refractivity contribution is 9.09. The molecular weight excluding hydrogens is 220 g/mol. The van der Waals surface area contributed by atoms with Crippen LogP contribution in [0.4, 0.5) is 5.69 Å². The number of alkyl halides is 1. The van der Waals surface area contributed by atoms with Crippen LogP contribution in [0.25, 0.3) is 0 Å². The number of rotatable bonds is 2. The third kappa shape index (κ3) is 2.62. The molecule has 0 bridgehead atoms. The van der Waals surface area contributed by atoms with Gasteiger partial charge in [0.25, 0.3) is 0 Å². The summed E-state index contributed by atoms with van der Waals surface area (Å²) in [6.07, 6.45) is 1.67. The Kier molecular flexibility index (Phi) is 3.22. The lowest BCUT2D eigenvalue weighted by atomic mass is 10.3. The van der Waals surface area contributed by atoms with Crippen LogP contribution in [-0.4, -0.2) is 16.2 Å². The van der Waals surface area contributed by atoms with Crippen LogP contribution < -0.4 is 5.32 Å². The van der Waals surface area contributed by atoms with Crippen molar-refractivity contribution in [1.29, 1.82) is 0 Å². The molecule has 1 aromatic rings. The third-order valence-electron chi connectivity index (χ3n) is 1.30. The maximum atomic E-state index is 10.9. The zero-order valence-electron chi connectivity index (χ0n) is 6.67. The molecule has 1 aromatic heterocycles. The van der Waals surface area contributed by atoms with Gasteiger partial charge in [-0.25, -0.2) is 0 Å². The minimum absolute atomic E-state index is 0.0550. The SMILES string of the molecule is Cc1cc(NC(=O)CBr)ccn1. The Hall–Kier alpha value is -0.900. The van der Waals surface area contributed by atoms with E-state index in [0.29, 0.717) is 5.33 Å². The van der Waals surface area contributed by atoms with Crippen LogP contribution in [0.1, 0.15) is 5.69 Å². The lowest BCUT2D eigenvalue weighted by molar-refractivity contribution is -0.113. The molecule has 0 radical (unpaired) electrons. The Morgan fingerprint density at radius 2 is 2.50 bits per heavy atom. The average molecular weight is 229 g/mol. The predicted octanol–water partition coefficient (Wildman–Crippen LogP) is 1.72. The maximum Gasteiger partial charge on any atom is 0.235 e. The van der Waals surface area contributed by atoms with Gasteiger partial charge < -0.3 is 5.32 Å². The van der Waals surface area contributed by atoms with Gasteiger partial charge >= 0.3 is 0 Å². The lowest BCUT2D eigenvalue weighted by Gasteiger charge is -2.02. The molecule has 0 aliphatic carbocycles. The van der Waals surface area contributed by atoms with E-state index in [1.54, 1.807) is 12.3 Å². The molecule has 0 spiro atoms. The molecule has 0 saturated heterocycles. The summed E-state index contributed by atoms with van der Waals surface area (Å²) in [6, 6.07) is 3.58. The molecule has 0 fully saturated rings. The second-order valence-corrected chi connectivity index (χ2v) is 2.93. The molecule has 1 heterocycles. The second-order valence-electron chi connectivity index (χ2n) is 2.37. The van der Waals surface area contributed by atoms with Gasteiger partial charge in [-0.1, -0.05) is 15.9 Å². The number of aryl methyl sites for hydroxylation is 1. The summed E-state index contributed by atoms with van der Waals surface area (Å²) in [4.78, 5) is 14.9. The Morgan fingerprint density at radius 1 is 1.75 bits per heavy atom. The molecule has 1 N–H and O–H groups in total. The minimum atomic E-state index is -0.0550. The first-order chi connectivity index (χ1) is 5.72. The second kappa shape index (κ2) is 4.21. The van der Waals surface area contributed by atoms with Crippen molar-refractivity contribution in [2.24, 2.45) is 0 Å². The van der Waals surface area contributed by atoms with Gasteiger partial charge in [0, 0.05) is 17.6 Å². The fraction of sp³-hybridized carbons (Fsp3) is 0.250. The zero-order chi connectivity index (χ0) is 8.97. The third-order valence-corrected chi connectivity index (χ3v) is 1.81. The molecule has 1 amide bonds. The van der Waals surface area contributed by atoms with Crippen LogP contribution in [0.5, 0.6) is 0 Å². The number of nitrogens with one attached hydrogen (secondary N) is 1. The van der Waals surface area contributed by atoms with E-state index in [9.17, 15) is 4.79 Å². The summed E-state index contributed by atoms with van der Waals surface area (Å²) >= 11 is 3.06. The normalized spacial score (nSPS) is 9.50. The van der Waals surface area contributed by atoms with Crippen LogP contribution >= 0.6 is 15.9 Å². The van der Waals surface area contributed by atoms with Crippen molar-refractivity contribution >= 4 is 27.5 Å². The molecule has 1 rings (SSSR count). The molecular formula is C8H9BrN2O. The Labute approximate surface area is 79.3 Å². The fourth-order valence-electron chi connectivity index (χ4n) is 0.818. The number of carbonyl (C=O) groups excluding carboxylic acids is 1. The number of halogens is 1. The highest BCUT2D eigenvalue weighted by Gasteiger charge is 1.98. The first-order valence-corrected chi connectivity index (χ1v) is 4.63.